The van der Waals surface area contributed by atoms with E-state index < -0.39 is 0 Å². The number of fused-ring (bicyclic) bond motifs is 1. The molecule has 0 bridgehead atoms. The lowest BCUT2D eigenvalue weighted by molar-refractivity contribution is -0.113. The van der Waals surface area contributed by atoms with Gasteiger partial charge in [0.05, 0.1) is 5.02 Å². The topological polar surface area (TPSA) is 44.8 Å². The fourth-order valence-electron chi connectivity index (χ4n) is 3.26. The first-order valence-electron chi connectivity index (χ1n) is 9.86. The van der Waals surface area contributed by atoms with E-state index in [-0.39, 0.29) is 19.2 Å². The predicted octanol–water partition coefficient (Wildman–Crippen LogP) is 7.17. The maximum absolute atomic E-state index is 12.3. The zero-order chi connectivity index (χ0) is 22.7. The van der Waals surface area contributed by atoms with E-state index >= 15 is 0 Å². The van der Waals surface area contributed by atoms with Crippen LogP contribution in [0, 0.1) is 0 Å². The van der Waals surface area contributed by atoms with Gasteiger partial charge in [-0.05, 0) is 60.0 Å². The number of carbonyl (C=O) groups excluding carboxylic acids is 1. The molecule has 0 fully saturated rings. The number of rotatable bonds is 7. The maximum Gasteiger partial charge on any atom is 0.231 e. The molecule has 3 aromatic rings. The summed E-state index contributed by atoms with van der Waals surface area (Å²) >= 11 is 18.7. The molecule has 0 N–H and O–H groups in total. The highest BCUT2D eigenvalue weighted by Gasteiger charge is 2.17. The van der Waals surface area contributed by atoms with Gasteiger partial charge in [0.2, 0.25) is 6.79 Å². The fraction of sp³-hybridized carbons (Fsp3) is 0.160. The minimum absolute atomic E-state index is 0.0348. The first kappa shape index (κ1) is 22.5. The van der Waals surface area contributed by atoms with Crippen molar-refractivity contribution in [2.24, 2.45) is 0 Å². The van der Waals surface area contributed by atoms with Crippen molar-refractivity contribution in [2.75, 3.05) is 6.79 Å². The molecule has 3 aromatic carbocycles. The van der Waals surface area contributed by atoms with E-state index in [2.05, 4.69) is 0 Å². The zero-order valence-corrected chi connectivity index (χ0v) is 19.4. The Bertz CT molecular complexity index is 1170. The molecule has 0 spiro atoms. The molecule has 4 nitrogen and oxygen atoms in total. The lowest BCUT2D eigenvalue weighted by Crippen LogP contribution is -2.01. The Labute approximate surface area is 201 Å². The molecular formula is C25H19Cl3O4. The molecule has 0 radical (unpaired) electrons. The van der Waals surface area contributed by atoms with Crippen LogP contribution in [-0.2, 0) is 17.8 Å². The molecule has 0 saturated carbocycles. The first-order valence-corrected chi connectivity index (χ1v) is 11.0. The van der Waals surface area contributed by atoms with Crippen LogP contribution in [0.25, 0.3) is 6.08 Å². The van der Waals surface area contributed by atoms with Crippen LogP contribution in [0.1, 0.15) is 23.6 Å². The van der Waals surface area contributed by atoms with E-state index in [9.17, 15) is 4.79 Å². The highest BCUT2D eigenvalue weighted by molar-refractivity contribution is 6.36. The van der Waals surface area contributed by atoms with Crippen LogP contribution in [0.2, 0.25) is 15.1 Å². The van der Waals surface area contributed by atoms with Gasteiger partial charge in [0, 0.05) is 28.1 Å². The third-order valence-corrected chi connectivity index (χ3v) is 6.07. The van der Waals surface area contributed by atoms with Gasteiger partial charge >= 0.3 is 0 Å². The normalized spacial score (nSPS) is 12.7. The van der Waals surface area contributed by atoms with Gasteiger partial charge in [0.15, 0.2) is 17.3 Å². The molecule has 1 aliphatic rings. The van der Waals surface area contributed by atoms with Crippen molar-refractivity contribution in [3.63, 3.8) is 0 Å². The van der Waals surface area contributed by atoms with Gasteiger partial charge in [-0.1, -0.05) is 53.0 Å². The lowest BCUT2D eigenvalue weighted by atomic mass is 9.99. The van der Waals surface area contributed by atoms with Crippen LogP contribution in [0.5, 0.6) is 17.2 Å². The van der Waals surface area contributed by atoms with Crippen LogP contribution in [0.3, 0.4) is 0 Å². The summed E-state index contributed by atoms with van der Waals surface area (Å²) in [5.41, 5.74) is 3.04. The van der Waals surface area contributed by atoms with Crippen molar-refractivity contribution in [3.8, 4) is 17.2 Å². The molecule has 1 heterocycles. The summed E-state index contributed by atoms with van der Waals surface area (Å²) in [6.07, 6.45) is 2.24. The summed E-state index contributed by atoms with van der Waals surface area (Å²) in [7, 11) is 0. The van der Waals surface area contributed by atoms with Crippen LogP contribution in [0.4, 0.5) is 0 Å². The van der Waals surface area contributed by atoms with E-state index in [0.29, 0.717) is 49.9 Å². The van der Waals surface area contributed by atoms with E-state index in [4.69, 9.17) is 49.0 Å². The summed E-state index contributed by atoms with van der Waals surface area (Å²) in [5, 5.41) is 1.62. The molecule has 32 heavy (non-hydrogen) atoms. The number of benzene rings is 3. The number of allylic oxidation sites excluding steroid dienone is 1. The Morgan fingerprint density at radius 2 is 1.62 bits per heavy atom. The second-order valence-electron chi connectivity index (χ2n) is 7.26. The highest BCUT2D eigenvalue weighted by Crippen LogP contribution is 2.37. The van der Waals surface area contributed by atoms with E-state index in [0.717, 1.165) is 11.1 Å². The van der Waals surface area contributed by atoms with Crippen molar-refractivity contribution in [2.45, 2.75) is 20.0 Å². The van der Waals surface area contributed by atoms with Crippen LogP contribution in [0.15, 0.2) is 60.2 Å². The minimum atomic E-state index is -0.0348. The van der Waals surface area contributed by atoms with Gasteiger partial charge < -0.3 is 14.2 Å². The molecule has 0 aliphatic carbocycles. The number of ketones is 1. The quantitative estimate of drug-likeness (QED) is 0.330. The second-order valence-corrected chi connectivity index (χ2v) is 8.48. The molecule has 0 atom stereocenters. The van der Waals surface area contributed by atoms with E-state index in [1.807, 2.05) is 24.3 Å². The lowest BCUT2D eigenvalue weighted by Gasteiger charge is -2.11. The summed E-state index contributed by atoms with van der Waals surface area (Å²) in [6, 6.07) is 16.4. The molecule has 0 amide bonds. The van der Waals surface area contributed by atoms with Gasteiger partial charge in [-0.2, -0.15) is 0 Å². The number of carbonyl (C=O) groups is 1. The molecular weight excluding hydrogens is 471 g/mol. The number of hydrogen-bond donors (Lipinski definition) is 0. The Kier molecular flexibility index (Phi) is 6.95. The van der Waals surface area contributed by atoms with Crippen molar-refractivity contribution in [3.05, 3.63) is 91.9 Å². The average Bonchev–Trinajstić information content (AvgIpc) is 3.21. The average molecular weight is 490 g/mol. The van der Waals surface area contributed by atoms with Gasteiger partial charge in [-0.15, -0.1) is 0 Å². The van der Waals surface area contributed by atoms with E-state index in [1.54, 1.807) is 36.4 Å². The van der Waals surface area contributed by atoms with Crippen LogP contribution < -0.4 is 14.2 Å². The van der Waals surface area contributed by atoms with E-state index in [1.165, 1.54) is 6.92 Å². The summed E-state index contributed by atoms with van der Waals surface area (Å²) in [6.45, 7) is 1.96. The van der Waals surface area contributed by atoms with Crippen molar-refractivity contribution >= 4 is 46.7 Å². The number of hydrogen-bond acceptors (Lipinski definition) is 4. The fourth-order valence-corrected chi connectivity index (χ4v) is 3.97. The molecule has 0 aromatic heterocycles. The van der Waals surface area contributed by atoms with Gasteiger partial charge in [0.25, 0.3) is 0 Å². The summed E-state index contributed by atoms with van der Waals surface area (Å²) < 4.78 is 16.6. The zero-order valence-electron chi connectivity index (χ0n) is 17.2. The standard InChI is InChI=1S/C25H19Cl3O4/c1-15(29)17(10-18-11-24-25(12-23(18)28)32-14-31-24)9-16-5-7-19(8-6-16)30-13-20-21(26)3-2-4-22(20)27/h2-8,10-12H,9,13-14H2,1H3/b17-10+. The minimum Gasteiger partial charge on any atom is -0.489 e. The third-order valence-electron chi connectivity index (χ3n) is 5.04. The Morgan fingerprint density at radius 3 is 2.28 bits per heavy atom. The molecule has 0 unspecified atom stereocenters. The number of Topliss-reactive ketones (excluding diaryl/α,β-unsaturated/α-hetero) is 1. The van der Waals surface area contributed by atoms with Gasteiger partial charge in [0.1, 0.15) is 12.4 Å². The first-order chi connectivity index (χ1) is 15.4. The molecule has 1 aliphatic heterocycles. The van der Waals surface area contributed by atoms with Crippen molar-refractivity contribution < 1.29 is 19.0 Å². The number of ether oxygens (including phenoxy) is 3. The molecule has 164 valence electrons. The van der Waals surface area contributed by atoms with Gasteiger partial charge in [-0.25, -0.2) is 0 Å². The number of halogens is 3. The van der Waals surface area contributed by atoms with Gasteiger partial charge in [-0.3, -0.25) is 4.79 Å². The monoisotopic (exact) mass is 488 g/mol. The highest BCUT2D eigenvalue weighted by atomic mass is 35.5. The smallest absolute Gasteiger partial charge is 0.231 e. The van der Waals surface area contributed by atoms with Crippen LogP contribution in [-0.4, -0.2) is 12.6 Å². The largest absolute Gasteiger partial charge is 0.489 e. The molecule has 0 saturated heterocycles. The predicted molar refractivity (Wildman–Crippen MR) is 127 cm³/mol. The molecule has 7 heteroatoms. The van der Waals surface area contributed by atoms with Crippen molar-refractivity contribution in [1.29, 1.82) is 0 Å². The SMILES string of the molecule is CC(=O)/C(=C/c1cc2c(cc1Cl)OCO2)Cc1ccc(OCc2c(Cl)cccc2Cl)cc1. The third kappa shape index (κ3) is 5.21. The maximum atomic E-state index is 12.3. The van der Waals surface area contributed by atoms with Crippen molar-refractivity contribution in [1.82, 2.24) is 0 Å². The van der Waals surface area contributed by atoms with Crippen LogP contribution >= 0.6 is 34.8 Å². The second kappa shape index (κ2) is 9.86. The summed E-state index contributed by atoms with van der Waals surface area (Å²) in [5.74, 6) is 1.86. The Hall–Kier alpha value is -2.66. The summed E-state index contributed by atoms with van der Waals surface area (Å²) in [4.78, 5) is 12.3. The Balaban J connectivity index is 1.47. The molecule has 4 rings (SSSR count). The Morgan fingerprint density at radius 1 is 0.969 bits per heavy atom.